The van der Waals surface area contributed by atoms with E-state index in [9.17, 15) is 17.6 Å². The zero-order valence-corrected chi connectivity index (χ0v) is 11.1. The summed E-state index contributed by atoms with van der Waals surface area (Å²) in [7, 11) is -4.04. The molecule has 0 aliphatic carbocycles. The molecule has 21 heavy (non-hydrogen) atoms. The van der Waals surface area contributed by atoms with E-state index in [-0.39, 0.29) is 21.8 Å². The predicted molar refractivity (Wildman–Crippen MR) is 69.7 cm³/mol. The molecule has 0 saturated carbocycles. The molecule has 3 N–H and O–H groups in total. The fourth-order valence-corrected chi connectivity index (χ4v) is 2.58. The number of nitrogens with zero attached hydrogens (tertiary/aromatic N) is 1. The van der Waals surface area contributed by atoms with Crippen LogP contribution in [0.25, 0.3) is 0 Å². The molecule has 7 nitrogen and oxygen atoms in total. The number of anilines is 1. The Morgan fingerprint density at radius 3 is 2.67 bits per heavy atom. The van der Waals surface area contributed by atoms with Gasteiger partial charge in [0.1, 0.15) is 22.5 Å². The van der Waals surface area contributed by atoms with Crippen molar-refractivity contribution >= 4 is 21.7 Å². The molecule has 1 aromatic heterocycles. The summed E-state index contributed by atoms with van der Waals surface area (Å²) in [6, 6.07) is 5.68. The first-order valence-electron chi connectivity index (χ1n) is 5.47. The van der Waals surface area contributed by atoms with Crippen LogP contribution in [-0.2, 0) is 10.0 Å². The number of carbonyl (C=O) groups is 1. The van der Waals surface area contributed by atoms with Crippen LogP contribution >= 0.6 is 0 Å². The van der Waals surface area contributed by atoms with E-state index in [0.717, 1.165) is 30.5 Å². The van der Waals surface area contributed by atoms with Gasteiger partial charge in [0.15, 0.2) is 0 Å². The highest BCUT2D eigenvalue weighted by Gasteiger charge is 2.18. The summed E-state index contributed by atoms with van der Waals surface area (Å²) < 4.78 is 39.3. The number of nitriles is 1. The molecule has 0 amide bonds. The number of rotatable bonds is 4. The molecular weight excluding hydrogens is 301 g/mol. The van der Waals surface area contributed by atoms with Gasteiger partial charge in [0.05, 0.1) is 11.3 Å². The Hall–Kier alpha value is -2.86. The van der Waals surface area contributed by atoms with E-state index in [4.69, 9.17) is 10.4 Å². The van der Waals surface area contributed by atoms with Gasteiger partial charge in [0.25, 0.3) is 10.0 Å². The lowest BCUT2D eigenvalue weighted by molar-refractivity contribution is 0.0691. The van der Waals surface area contributed by atoms with E-state index in [0.29, 0.717) is 0 Å². The SMILES string of the molecule is N#Cc1cc(NS(=O)(=O)c2c[nH]c(C(=O)O)c2)ccc1F. The Labute approximate surface area is 118 Å². The third kappa shape index (κ3) is 3.01. The second-order valence-electron chi connectivity index (χ2n) is 3.97. The minimum Gasteiger partial charge on any atom is -0.477 e. The van der Waals surface area contributed by atoms with E-state index in [1.807, 2.05) is 0 Å². The van der Waals surface area contributed by atoms with Crippen LogP contribution in [0.3, 0.4) is 0 Å². The van der Waals surface area contributed by atoms with E-state index in [1.165, 1.54) is 0 Å². The topological polar surface area (TPSA) is 123 Å². The van der Waals surface area contributed by atoms with Crippen molar-refractivity contribution in [3.05, 3.63) is 47.5 Å². The van der Waals surface area contributed by atoms with E-state index in [2.05, 4.69) is 9.71 Å². The van der Waals surface area contributed by atoms with Crippen molar-refractivity contribution in [2.75, 3.05) is 4.72 Å². The summed E-state index contributed by atoms with van der Waals surface area (Å²) in [5.74, 6) is -2.07. The molecule has 1 aromatic carbocycles. The molecule has 0 radical (unpaired) electrons. The molecule has 0 bridgehead atoms. The Morgan fingerprint density at radius 1 is 1.38 bits per heavy atom. The van der Waals surface area contributed by atoms with Crippen molar-refractivity contribution in [3.8, 4) is 6.07 Å². The summed E-state index contributed by atoms with van der Waals surface area (Å²) >= 11 is 0. The average molecular weight is 309 g/mol. The van der Waals surface area contributed by atoms with Crippen LogP contribution in [0.2, 0.25) is 0 Å². The Balaban J connectivity index is 2.33. The van der Waals surface area contributed by atoms with Crippen LogP contribution in [0.1, 0.15) is 16.1 Å². The lowest BCUT2D eigenvalue weighted by Gasteiger charge is -2.06. The van der Waals surface area contributed by atoms with E-state index >= 15 is 0 Å². The molecule has 1 heterocycles. The normalized spacial score (nSPS) is 10.9. The van der Waals surface area contributed by atoms with Gasteiger partial charge in [-0.05, 0) is 24.3 Å². The first kappa shape index (κ1) is 14.5. The van der Waals surface area contributed by atoms with Crippen molar-refractivity contribution in [3.63, 3.8) is 0 Å². The van der Waals surface area contributed by atoms with Crippen LogP contribution < -0.4 is 4.72 Å². The van der Waals surface area contributed by atoms with Gasteiger partial charge in [-0.25, -0.2) is 17.6 Å². The number of aromatic nitrogens is 1. The lowest BCUT2D eigenvalue weighted by Crippen LogP contribution is -2.12. The van der Waals surface area contributed by atoms with Crippen molar-refractivity contribution < 1.29 is 22.7 Å². The summed E-state index contributed by atoms with van der Waals surface area (Å²) in [5.41, 5.74) is -0.603. The second-order valence-corrected chi connectivity index (χ2v) is 5.65. The maximum Gasteiger partial charge on any atom is 0.352 e. The van der Waals surface area contributed by atoms with Gasteiger partial charge in [-0.1, -0.05) is 0 Å². The highest BCUT2D eigenvalue weighted by molar-refractivity contribution is 7.92. The summed E-state index contributed by atoms with van der Waals surface area (Å²) in [6.45, 7) is 0. The first-order valence-corrected chi connectivity index (χ1v) is 6.96. The minimum atomic E-state index is -4.04. The molecule has 0 saturated heterocycles. The smallest absolute Gasteiger partial charge is 0.352 e. The number of aromatic carboxylic acids is 1. The number of halogens is 1. The van der Waals surface area contributed by atoms with Crippen LogP contribution in [0.15, 0.2) is 35.4 Å². The third-order valence-corrected chi connectivity index (χ3v) is 3.90. The molecule has 108 valence electrons. The van der Waals surface area contributed by atoms with Gasteiger partial charge < -0.3 is 10.1 Å². The van der Waals surface area contributed by atoms with Crippen molar-refractivity contribution in [2.24, 2.45) is 0 Å². The number of benzene rings is 1. The van der Waals surface area contributed by atoms with Crippen molar-refractivity contribution in [1.82, 2.24) is 4.98 Å². The zero-order valence-electron chi connectivity index (χ0n) is 10.3. The molecule has 2 rings (SSSR count). The maximum absolute atomic E-state index is 13.1. The lowest BCUT2D eigenvalue weighted by atomic mass is 10.2. The summed E-state index contributed by atoms with van der Waals surface area (Å²) in [5, 5.41) is 17.4. The van der Waals surface area contributed by atoms with Gasteiger partial charge in [-0.15, -0.1) is 0 Å². The van der Waals surface area contributed by atoms with Crippen molar-refractivity contribution in [2.45, 2.75) is 4.90 Å². The fourth-order valence-electron chi connectivity index (χ4n) is 1.54. The Morgan fingerprint density at radius 2 is 2.10 bits per heavy atom. The number of aromatic amines is 1. The predicted octanol–water partition coefficient (Wildman–Crippen LogP) is 1.52. The summed E-state index contributed by atoms with van der Waals surface area (Å²) in [4.78, 5) is 12.7. The highest BCUT2D eigenvalue weighted by atomic mass is 32.2. The standard InChI is InChI=1S/C12H8FN3O4S/c13-10-2-1-8(3-7(10)5-14)16-21(19,20)9-4-11(12(17)18)15-6-9/h1-4,6,15-16H,(H,17,18). The van der Waals surface area contributed by atoms with Gasteiger partial charge in [-0.3, -0.25) is 4.72 Å². The molecule has 0 aliphatic rings. The minimum absolute atomic E-state index is 0.00831. The number of hydrogen-bond donors (Lipinski definition) is 3. The van der Waals surface area contributed by atoms with Crippen LogP contribution in [0.5, 0.6) is 0 Å². The van der Waals surface area contributed by atoms with E-state index in [1.54, 1.807) is 6.07 Å². The molecule has 0 spiro atoms. The Kier molecular flexibility index (Phi) is 3.64. The van der Waals surface area contributed by atoms with Gasteiger partial charge >= 0.3 is 5.97 Å². The molecular formula is C12H8FN3O4S. The third-order valence-electron chi connectivity index (χ3n) is 2.54. The van der Waals surface area contributed by atoms with Gasteiger partial charge in [-0.2, -0.15) is 5.26 Å². The quantitative estimate of drug-likeness (QED) is 0.790. The van der Waals surface area contributed by atoms with E-state index < -0.39 is 21.8 Å². The number of carboxylic acid groups (broad SMARTS) is 1. The first-order chi connectivity index (χ1) is 9.83. The number of sulfonamides is 1. The molecule has 0 atom stereocenters. The zero-order chi connectivity index (χ0) is 15.6. The fraction of sp³-hybridized carbons (Fsp3) is 0. The number of nitrogens with one attached hydrogen (secondary N) is 2. The molecule has 0 fully saturated rings. The Bertz CT molecular complexity index is 852. The van der Waals surface area contributed by atoms with Crippen LogP contribution in [0, 0.1) is 17.1 Å². The van der Waals surface area contributed by atoms with Crippen molar-refractivity contribution in [1.29, 1.82) is 5.26 Å². The molecule has 9 heteroatoms. The highest BCUT2D eigenvalue weighted by Crippen LogP contribution is 2.19. The number of H-pyrrole nitrogens is 1. The number of hydrogen-bond acceptors (Lipinski definition) is 4. The van der Waals surface area contributed by atoms with Crippen LogP contribution in [-0.4, -0.2) is 24.5 Å². The molecule has 2 aromatic rings. The van der Waals surface area contributed by atoms with Crippen LogP contribution in [0.4, 0.5) is 10.1 Å². The second kappa shape index (κ2) is 5.26. The monoisotopic (exact) mass is 309 g/mol. The number of carboxylic acids is 1. The largest absolute Gasteiger partial charge is 0.477 e. The molecule has 0 aliphatic heterocycles. The average Bonchev–Trinajstić information content (AvgIpc) is 2.91. The molecule has 0 unspecified atom stereocenters. The van der Waals surface area contributed by atoms with Gasteiger partial charge in [0.2, 0.25) is 0 Å². The summed E-state index contributed by atoms with van der Waals surface area (Å²) in [6.07, 6.45) is 1.01. The maximum atomic E-state index is 13.1. The van der Waals surface area contributed by atoms with Gasteiger partial charge in [0, 0.05) is 6.20 Å².